The first-order valence-corrected chi connectivity index (χ1v) is 4.62. The van der Waals surface area contributed by atoms with Crippen LogP contribution >= 0.6 is 0 Å². The van der Waals surface area contributed by atoms with Crippen molar-refractivity contribution in [1.29, 1.82) is 0 Å². The van der Waals surface area contributed by atoms with Crippen molar-refractivity contribution in [3.05, 3.63) is 42.1 Å². The molecule has 2 aromatic rings. The first kappa shape index (κ1) is 9.52. The normalized spacial score (nSPS) is 10.2. The third kappa shape index (κ3) is 1.91. The minimum absolute atomic E-state index is 0.0337. The van der Waals surface area contributed by atoms with E-state index in [0.717, 1.165) is 5.56 Å². The second kappa shape index (κ2) is 3.61. The van der Waals surface area contributed by atoms with E-state index in [1.807, 2.05) is 19.1 Å². The Kier molecular flexibility index (Phi) is 2.29. The summed E-state index contributed by atoms with van der Waals surface area (Å²) in [5.74, 6) is 0.0784. The summed E-state index contributed by atoms with van der Waals surface area (Å²) in [7, 11) is 0. The molecular formula is C12H11NO2. The summed E-state index contributed by atoms with van der Waals surface area (Å²) in [6, 6.07) is 8.23. The number of benzene rings is 1. The van der Waals surface area contributed by atoms with Gasteiger partial charge in [-0.25, -0.2) is 0 Å². The van der Waals surface area contributed by atoms with Crippen molar-refractivity contribution >= 4 is 0 Å². The zero-order valence-electron chi connectivity index (χ0n) is 8.31. The number of phenolic OH excluding ortho intramolecular Hbond substituents is 2. The van der Waals surface area contributed by atoms with Crippen LogP contribution in [0.25, 0.3) is 11.3 Å². The Morgan fingerprint density at radius 1 is 1.07 bits per heavy atom. The number of phenols is 2. The highest BCUT2D eigenvalue weighted by Crippen LogP contribution is 2.30. The number of hydrogen-bond acceptors (Lipinski definition) is 3. The van der Waals surface area contributed by atoms with Gasteiger partial charge in [-0.15, -0.1) is 0 Å². The molecular weight excluding hydrogens is 190 g/mol. The zero-order valence-corrected chi connectivity index (χ0v) is 8.31. The van der Waals surface area contributed by atoms with E-state index in [4.69, 9.17) is 5.11 Å². The molecule has 2 N–H and O–H groups in total. The van der Waals surface area contributed by atoms with E-state index >= 15 is 0 Å². The second-order valence-electron chi connectivity index (χ2n) is 3.42. The van der Waals surface area contributed by atoms with E-state index in [1.54, 1.807) is 12.3 Å². The van der Waals surface area contributed by atoms with Gasteiger partial charge in [0, 0.05) is 17.8 Å². The van der Waals surface area contributed by atoms with Crippen LogP contribution < -0.4 is 0 Å². The molecule has 0 aliphatic rings. The molecule has 15 heavy (non-hydrogen) atoms. The summed E-state index contributed by atoms with van der Waals surface area (Å²) in [5, 5.41) is 18.8. The first-order chi connectivity index (χ1) is 7.16. The van der Waals surface area contributed by atoms with Crippen LogP contribution in [0.1, 0.15) is 5.56 Å². The molecule has 1 aromatic heterocycles. The molecule has 0 unspecified atom stereocenters. The quantitative estimate of drug-likeness (QED) is 0.745. The van der Waals surface area contributed by atoms with E-state index in [-0.39, 0.29) is 11.5 Å². The molecule has 76 valence electrons. The van der Waals surface area contributed by atoms with Crippen LogP contribution in [-0.2, 0) is 0 Å². The molecule has 0 aliphatic heterocycles. The predicted octanol–water partition coefficient (Wildman–Crippen LogP) is 2.47. The Labute approximate surface area is 87.7 Å². The minimum atomic E-state index is 0.0337. The highest BCUT2D eigenvalue weighted by molar-refractivity contribution is 5.67. The number of hydrogen-bond donors (Lipinski definition) is 2. The third-order valence-electron chi connectivity index (χ3n) is 2.17. The topological polar surface area (TPSA) is 53.4 Å². The maximum absolute atomic E-state index is 9.61. The summed E-state index contributed by atoms with van der Waals surface area (Å²) < 4.78 is 0. The standard InChI is InChI=1S/C12H11NO2/c1-8-2-5-11(13-7-8)10-4-3-9(14)6-12(10)15/h2-7,14-15H,1H3. The molecule has 1 aromatic carbocycles. The zero-order chi connectivity index (χ0) is 10.8. The molecule has 0 bridgehead atoms. The number of nitrogens with zero attached hydrogens (tertiary/aromatic N) is 1. The fourth-order valence-corrected chi connectivity index (χ4v) is 1.36. The summed E-state index contributed by atoms with van der Waals surface area (Å²) in [4.78, 5) is 4.20. The minimum Gasteiger partial charge on any atom is -0.508 e. The molecule has 0 amide bonds. The van der Waals surface area contributed by atoms with Gasteiger partial charge in [0.05, 0.1) is 5.69 Å². The highest BCUT2D eigenvalue weighted by atomic mass is 16.3. The van der Waals surface area contributed by atoms with E-state index in [2.05, 4.69) is 4.98 Å². The fraction of sp³-hybridized carbons (Fsp3) is 0.0833. The lowest BCUT2D eigenvalue weighted by atomic mass is 10.1. The van der Waals surface area contributed by atoms with Gasteiger partial charge in [-0.2, -0.15) is 0 Å². The molecule has 0 saturated heterocycles. The van der Waals surface area contributed by atoms with Crippen molar-refractivity contribution in [2.45, 2.75) is 6.92 Å². The van der Waals surface area contributed by atoms with E-state index in [0.29, 0.717) is 11.3 Å². The number of pyridine rings is 1. The van der Waals surface area contributed by atoms with Crippen molar-refractivity contribution in [3.63, 3.8) is 0 Å². The summed E-state index contributed by atoms with van der Waals surface area (Å²) in [6.45, 7) is 1.95. The predicted molar refractivity (Wildman–Crippen MR) is 57.7 cm³/mol. The van der Waals surface area contributed by atoms with Crippen molar-refractivity contribution in [2.75, 3.05) is 0 Å². The monoisotopic (exact) mass is 201 g/mol. The maximum atomic E-state index is 9.61. The van der Waals surface area contributed by atoms with E-state index < -0.39 is 0 Å². The fourth-order valence-electron chi connectivity index (χ4n) is 1.36. The Morgan fingerprint density at radius 3 is 2.47 bits per heavy atom. The number of aromatic nitrogens is 1. The molecule has 3 heteroatoms. The average Bonchev–Trinajstić information content (AvgIpc) is 2.20. The molecule has 0 radical (unpaired) electrons. The van der Waals surface area contributed by atoms with Crippen LogP contribution in [-0.4, -0.2) is 15.2 Å². The van der Waals surface area contributed by atoms with Crippen LogP contribution in [0.4, 0.5) is 0 Å². The second-order valence-corrected chi connectivity index (χ2v) is 3.42. The lowest BCUT2D eigenvalue weighted by molar-refractivity contribution is 0.452. The van der Waals surface area contributed by atoms with Gasteiger partial charge in [0.15, 0.2) is 0 Å². The van der Waals surface area contributed by atoms with Gasteiger partial charge in [-0.3, -0.25) is 4.98 Å². The van der Waals surface area contributed by atoms with Gasteiger partial charge >= 0.3 is 0 Å². The van der Waals surface area contributed by atoms with Crippen molar-refractivity contribution < 1.29 is 10.2 Å². The smallest absolute Gasteiger partial charge is 0.128 e. The summed E-state index contributed by atoms with van der Waals surface area (Å²) in [6.07, 6.45) is 1.74. The molecule has 3 nitrogen and oxygen atoms in total. The molecule has 2 rings (SSSR count). The summed E-state index contributed by atoms with van der Waals surface area (Å²) >= 11 is 0. The maximum Gasteiger partial charge on any atom is 0.128 e. The molecule has 0 saturated carbocycles. The largest absolute Gasteiger partial charge is 0.508 e. The summed E-state index contributed by atoms with van der Waals surface area (Å²) in [5.41, 5.74) is 2.38. The lowest BCUT2D eigenvalue weighted by Crippen LogP contribution is -1.84. The first-order valence-electron chi connectivity index (χ1n) is 4.62. The van der Waals surface area contributed by atoms with Crippen molar-refractivity contribution in [2.24, 2.45) is 0 Å². The van der Waals surface area contributed by atoms with Crippen LogP contribution in [0.2, 0.25) is 0 Å². The number of rotatable bonds is 1. The van der Waals surface area contributed by atoms with E-state index in [9.17, 15) is 5.11 Å². The molecule has 1 heterocycles. The number of aryl methyl sites for hydroxylation is 1. The van der Waals surface area contributed by atoms with Gasteiger partial charge in [-0.05, 0) is 30.7 Å². The van der Waals surface area contributed by atoms with Gasteiger partial charge in [0.25, 0.3) is 0 Å². The van der Waals surface area contributed by atoms with Gasteiger partial charge in [0.1, 0.15) is 11.5 Å². The van der Waals surface area contributed by atoms with Gasteiger partial charge in [0.2, 0.25) is 0 Å². The van der Waals surface area contributed by atoms with Crippen molar-refractivity contribution in [1.82, 2.24) is 4.98 Å². The average molecular weight is 201 g/mol. The Balaban J connectivity index is 2.49. The Hall–Kier alpha value is -2.03. The van der Waals surface area contributed by atoms with Gasteiger partial charge in [-0.1, -0.05) is 6.07 Å². The molecule has 0 atom stereocenters. The Bertz CT molecular complexity index is 477. The van der Waals surface area contributed by atoms with Crippen LogP contribution in [0.3, 0.4) is 0 Å². The van der Waals surface area contributed by atoms with Crippen LogP contribution in [0, 0.1) is 6.92 Å². The lowest BCUT2D eigenvalue weighted by Gasteiger charge is -2.04. The molecule has 0 aliphatic carbocycles. The van der Waals surface area contributed by atoms with E-state index in [1.165, 1.54) is 12.1 Å². The highest BCUT2D eigenvalue weighted by Gasteiger charge is 2.05. The molecule has 0 fully saturated rings. The van der Waals surface area contributed by atoms with Crippen LogP contribution in [0.15, 0.2) is 36.5 Å². The van der Waals surface area contributed by atoms with Crippen LogP contribution in [0.5, 0.6) is 11.5 Å². The number of aromatic hydroxyl groups is 2. The van der Waals surface area contributed by atoms with Crippen molar-refractivity contribution in [3.8, 4) is 22.8 Å². The molecule has 0 spiro atoms. The third-order valence-corrected chi connectivity index (χ3v) is 2.17. The Morgan fingerprint density at radius 2 is 1.87 bits per heavy atom. The SMILES string of the molecule is Cc1ccc(-c2ccc(O)cc2O)nc1. The van der Waals surface area contributed by atoms with Gasteiger partial charge < -0.3 is 10.2 Å².